The van der Waals surface area contributed by atoms with Crippen molar-refractivity contribution in [2.45, 2.75) is 19.5 Å². The Balaban J connectivity index is 1.49. The molecule has 0 spiro atoms. The predicted octanol–water partition coefficient (Wildman–Crippen LogP) is 2.50. The Morgan fingerprint density at radius 2 is 1.96 bits per heavy atom. The molecule has 0 aliphatic rings. The topological polar surface area (TPSA) is 97.4 Å². The molecule has 4 rings (SSSR count). The lowest BCUT2D eigenvalue weighted by atomic mass is 10.2. The molecule has 8 nitrogen and oxygen atoms in total. The molecule has 136 valence electrons. The Hall–Kier alpha value is -3.68. The molecular weight excluding hydrogens is 344 g/mol. The maximum absolute atomic E-state index is 12.3. The number of hydrogen-bond donors (Lipinski definition) is 2. The third kappa shape index (κ3) is 3.64. The molecule has 0 aliphatic heterocycles. The molecular formula is C19H18N6O2. The zero-order valence-electron chi connectivity index (χ0n) is 14.7. The highest BCUT2D eigenvalue weighted by Crippen LogP contribution is 2.18. The molecule has 0 saturated heterocycles. The average Bonchev–Trinajstić information content (AvgIpc) is 3.36. The molecule has 4 aromatic rings. The number of nitrogens with one attached hydrogen (secondary N) is 2. The van der Waals surface area contributed by atoms with Gasteiger partial charge in [0.1, 0.15) is 17.6 Å². The van der Waals surface area contributed by atoms with Gasteiger partial charge < -0.3 is 15.1 Å². The van der Waals surface area contributed by atoms with Gasteiger partial charge in [-0.25, -0.2) is 0 Å². The number of fused-ring (bicyclic) bond motifs is 1. The van der Waals surface area contributed by atoms with Crippen LogP contribution in [-0.2, 0) is 11.3 Å². The first-order valence-electron chi connectivity index (χ1n) is 8.55. The first-order valence-corrected chi connectivity index (χ1v) is 8.55. The summed E-state index contributed by atoms with van der Waals surface area (Å²) in [5.74, 6) is 1.75. The number of furan rings is 1. The quantitative estimate of drug-likeness (QED) is 0.547. The van der Waals surface area contributed by atoms with E-state index in [4.69, 9.17) is 4.42 Å². The number of hydrogen-bond acceptors (Lipinski definition) is 6. The molecule has 1 unspecified atom stereocenters. The molecule has 0 aliphatic carbocycles. The fourth-order valence-corrected chi connectivity index (χ4v) is 2.66. The first kappa shape index (κ1) is 16.8. The Morgan fingerprint density at radius 1 is 1.11 bits per heavy atom. The maximum atomic E-state index is 12.3. The molecule has 2 N–H and O–H groups in total. The number of rotatable bonds is 6. The van der Waals surface area contributed by atoms with Gasteiger partial charge in [0.15, 0.2) is 11.5 Å². The highest BCUT2D eigenvalue weighted by molar-refractivity contribution is 5.83. The van der Waals surface area contributed by atoms with Crippen LogP contribution in [0.25, 0.3) is 17.0 Å². The normalized spacial score (nSPS) is 12.0. The van der Waals surface area contributed by atoms with Gasteiger partial charge in [-0.1, -0.05) is 30.3 Å². The van der Waals surface area contributed by atoms with E-state index in [0.29, 0.717) is 29.6 Å². The summed E-state index contributed by atoms with van der Waals surface area (Å²) in [6, 6.07) is 16.4. The highest BCUT2D eigenvalue weighted by Gasteiger charge is 2.15. The van der Waals surface area contributed by atoms with Gasteiger partial charge in [-0.2, -0.15) is 4.52 Å². The van der Waals surface area contributed by atoms with Crippen molar-refractivity contribution < 1.29 is 9.21 Å². The largest absolute Gasteiger partial charge is 0.467 e. The van der Waals surface area contributed by atoms with Gasteiger partial charge in [-0.3, -0.25) is 4.79 Å². The third-order valence-electron chi connectivity index (χ3n) is 4.07. The zero-order valence-corrected chi connectivity index (χ0v) is 14.7. The van der Waals surface area contributed by atoms with Gasteiger partial charge >= 0.3 is 0 Å². The molecule has 1 amide bonds. The Bertz CT molecular complexity index is 1040. The van der Waals surface area contributed by atoms with E-state index in [2.05, 4.69) is 25.9 Å². The van der Waals surface area contributed by atoms with E-state index in [0.717, 1.165) is 5.56 Å². The molecule has 1 atom stereocenters. The van der Waals surface area contributed by atoms with Gasteiger partial charge in [-0.15, -0.1) is 15.3 Å². The van der Waals surface area contributed by atoms with E-state index in [-0.39, 0.29) is 5.91 Å². The molecule has 0 bridgehead atoms. The van der Waals surface area contributed by atoms with Gasteiger partial charge in [0.2, 0.25) is 5.91 Å². The number of benzene rings is 1. The van der Waals surface area contributed by atoms with E-state index in [1.165, 1.54) is 0 Å². The number of aromatic nitrogens is 4. The van der Waals surface area contributed by atoms with Crippen molar-refractivity contribution in [3.05, 3.63) is 66.6 Å². The van der Waals surface area contributed by atoms with Gasteiger partial charge in [0, 0.05) is 5.56 Å². The predicted molar refractivity (Wildman–Crippen MR) is 99.9 cm³/mol. The second-order valence-electron chi connectivity index (χ2n) is 6.04. The maximum Gasteiger partial charge on any atom is 0.242 e. The molecule has 8 heteroatoms. The van der Waals surface area contributed by atoms with Gasteiger partial charge in [0.05, 0.1) is 12.8 Å². The number of carbonyl (C=O) groups excluding carboxylic acids is 1. The van der Waals surface area contributed by atoms with Crippen molar-refractivity contribution in [3.8, 4) is 11.4 Å². The summed E-state index contributed by atoms with van der Waals surface area (Å²) in [6.07, 6.45) is 1.58. The summed E-state index contributed by atoms with van der Waals surface area (Å²) in [4.78, 5) is 12.3. The summed E-state index contributed by atoms with van der Waals surface area (Å²) in [6.45, 7) is 2.11. The molecule has 3 aromatic heterocycles. The molecule has 0 saturated carbocycles. The second-order valence-corrected chi connectivity index (χ2v) is 6.04. The van der Waals surface area contributed by atoms with Crippen molar-refractivity contribution in [3.63, 3.8) is 0 Å². The number of amides is 1. The molecule has 27 heavy (non-hydrogen) atoms. The second kappa shape index (κ2) is 7.28. The van der Waals surface area contributed by atoms with E-state index in [1.54, 1.807) is 29.8 Å². The van der Waals surface area contributed by atoms with E-state index in [1.807, 2.05) is 42.5 Å². The van der Waals surface area contributed by atoms with Crippen molar-refractivity contribution in [2.75, 3.05) is 5.32 Å². The average molecular weight is 362 g/mol. The number of nitrogens with zero attached hydrogens (tertiary/aromatic N) is 4. The standard InChI is InChI=1S/C19H18N6O2/c1-13(19(26)20-12-15-8-5-11-27-15)21-16-9-10-17-22-23-18(25(17)24-16)14-6-3-2-4-7-14/h2-11,13H,12H2,1H3,(H,20,26)(H,21,24). The SMILES string of the molecule is CC(Nc1ccc2nnc(-c3ccccc3)n2n1)C(=O)NCc1ccco1. The Morgan fingerprint density at radius 3 is 2.74 bits per heavy atom. The van der Waals surface area contributed by atoms with E-state index in [9.17, 15) is 4.79 Å². The van der Waals surface area contributed by atoms with Crippen LogP contribution in [0.3, 0.4) is 0 Å². The molecule has 1 aromatic carbocycles. The summed E-state index contributed by atoms with van der Waals surface area (Å²) < 4.78 is 6.87. The van der Waals surface area contributed by atoms with Crippen molar-refractivity contribution in [1.29, 1.82) is 0 Å². The van der Waals surface area contributed by atoms with Crippen LogP contribution in [0.15, 0.2) is 65.3 Å². The first-order chi connectivity index (χ1) is 13.2. The summed E-state index contributed by atoms with van der Waals surface area (Å²) >= 11 is 0. The van der Waals surface area contributed by atoms with E-state index >= 15 is 0 Å². The minimum atomic E-state index is -0.471. The van der Waals surface area contributed by atoms with Crippen LogP contribution in [-0.4, -0.2) is 31.8 Å². The smallest absolute Gasteiger partial charge is 0.242 e. The van der Waals surface area contributed by atoms with Gasteiger partial charge in [-0.05, 0) is 31.2 Å². The van der Waals surface area contributed by atoms with Crippen LogP contribution >= 0.6 is 0 Å². The lowest BCUT2D eigenvalue weighted by Crippen LogP contribution is -2.37. The Labute approximate surface area is 155 Å². The fourth-order valence-electron chi connectivity index (χ4n) is 2.66. The monoisotopic (exact) mass is 362 g/mol. The minimum Gasteiger partial charge on any atom is -0.467 e. The molecule has 0 radical (unpaired) electrons. The lowest BCUT2D eigenvalue weighted by molar-refractivity contribution is -0.121. The van der Waals surface area contributed by atoms with E-state index < -0.39 is 6.04 Å². The molecule has 3 heterocycles. The van der Waals surface area contributed by atoms with Crippen molar-refractivity contribution in [2.24, 2.45) is 0 Å². The summed E-state index contributed by atoms with van der Waals surface area (Å²) in [5, 5.41) is 18.8. The summed E-state index contributed by atoms with van der Waals surface area (Å²) in [7, 11) is 0. The lowest BCUT2D eigenvalue weighted by Gasteiger charge is -2.14. The van der Waals surface area contributed by atoms with Crippen LogP contribution in [0.4, 0.5) is 5.82 Å². The zero-order chi connectivity index (χ0) is 18.6. The minimum absolute atomic E-state index is 0.152. The third-order valence-corrected chi connectivity index (χ3v) is 4.07. The van der Waals surface area contributed by atoms with Crippen LogP contribution in [0.2, 0.25) is 0 Å². The highest BCUT2D eigenvalue weighted by atomic mass is 16.3. The van der Waals surface area contributed by atoms with Crippen LogP contribution < -0.4 is 10.6 Å². The Kier molecular flexibility index (Phi) is 4.52. The van der Waals surface area contributed by atoms with Gasteiger partial charge in [0.25, 0.3) is 0 Å². The van der Waals surface area contributed by atoms with Crippen molar-refractivity contribution in [1.82, 2.24) is 25.1 Å². The summed E-state index contributed by atoms with van der Waals surface area (Å²) in [5.41, 5.74) is 1.55. The van der Waals surface area contributed by atoms with Crippen LogP contribution in [0.5, 0.6) is 0 Å². The van der Waals surface area contributed by atoms with Crippen LogP contribution in [0.1, 0.15) is 12.7 Å². The fraction of sp³-hybridized carbons (Fsp3) is 0.158. The van der Waals surface area contributed by atoms with Crippen LogP contribution in [0, 0.1) is 0 Å². The number of anilines is 1. The van der Waals surface area contributed by atoms with Crippen molar-refractivity contribution >= 4 is 17.4 Å². The number of carbonyl (C=O) groups is 1. The molecule has 0 fully saturated rings.